The van der Waals surface area contributed by atoms with Crippen molar-refractivity contribution >= 4 is 17.1 Å². The highest BCUT2D eigenvalue weighted by atomic mass is 16.2. The molecule has 0 bridgehead atoms. The highest BCUT2D eigenvalue weighted by Gasteiger charge is 2.22. The molecule has 1 fully saturated rings. The normalized spacial score (nSPS) is 19.9. The number of nitriles is 2. The molecular formula is C36H40N4O. The van der Waals surface area contributed by atoms with E-state index in [-0.39, 0.29) is 12.3 Å². The third kappa shape index (κ3) is 8.40. The summed E-state index contributed by atoms with van der Waals surface area (Å²) in [5.41, 5.74) is 8.85. The summed E-state index contributed by atoms with van der Waals surface area (Å²) in [6.07, 6.45) is 10.8. The Kier molecular flexibility index (Phi) is 10.9. The van der Waals surface area contributed by atoms with Crippen LogP contribution >= 0.6 is 0 Å². The molecule has 1 amide bonds. The highest BCUT2D eigenvalue weighted by molar-refractivity contribution is 5.81. The fourth-order valence-corrected chi connectivity index (χ4v) is 5.56. The standard InChI is InChI=1S/C21H25N3O.C15H15N/c1-23-10-12-24(13-11-23)21(25)15-20(16-22)19-9-5-8-18(14-19)17-6-3-2-4-7-17;1-12(11-16)14-8-5-9-15(10-14)13-6-3-2-4-7-13/h2-4,6-7,14H,5,8-13,15H2,1H3;2-4,6-7,10H,5,8-9H2,1H3/b20-19-;14-12-. The van der Waals surface area contributed by atoms with Crippen molar-refractivity contribution in [1.29, 1.82) is 10.5 Å². The molecule has 0 aromatic heterocycles. The Bertz CT molecular complexity index is 1410. The number of carbonyl (C=O) groups is 1. The van der Waals surface area contributed by atoms with Crippen molar-refractivity contribution in [2.75, 3.05) is 33.2 Å². The van der Waals surface area contributed by atoms with Gasteiger partial charge >= 0.3 is 0 Å². The quantitative estimate of drug-likeness (QED) is 0.378. The van der Waals surface area contributed by atoms with E-state index in [1.54, 1.807) is 0 Å². The van der Waals surface area contributed by atoms with E-state index in [4.69, 9.17) is 5.26 Å². The highest BCUT2D eigenvalue weighted by Crippen LogP contribution is 2.32. The van der Waals surface area contributed by atoms with Gasteiger partial charge in [-0.1, -0.05) is 72.8 Å². The SMILES string of the molecule is C/C(C#N)=C1/C=C(c2ccccc2)CCC1.CN1CCN(C(=O)C/C(C#N)=C2/C=C(c3ccccc3)CCC2)CC1. The Labute approximate surface area is 245 Å². The number of hydrogen-bond donors (Lipinski definition) is 0. The molecule has 5 heteroatoms. The number of nitrogens with zero attached hydrogens (tertiary/aromatic N) is 4. The van der Waals surface area contributed by atoms with E-state index >= 15 is 0 Å². The fourth-order valence-electron chi connectivity index (χ4n) is 5.56. The van der Waals surface area contributed by atoms with Gasteiger partial charge in [0.25, 0.3) is 0 Å². The summed E-state index contributed by atoms with van der Waals surface area (Å²) in [6, 6.07) is 25.3. The number of likely N-dealkylation sites (N-methyl/N-ethyl adjacent to an activating group) is 1. The van der Waals surface area contributed by atoms with Gasteiger partial charge in [0, 0.05) is 37.3 Å². The Morgan fingerprint density at radius 1 is 0.732 bits per heavy atom. The van der Waals surface area contributed by atoms with Gasteiger partial charge in [-0.25, -0.2) is 0 Å². The minimum absolute atomic E-state index is 0.0809. The van der Waals surface area contributed by atoms with Crippen LogP contribution in [0, 0.1) is 22.7 Å². The summed E-state index contributed by atoms with van der Waals surface area (Å²) in [7, 11) is 2.07. The minimum atomic E-state index is 0.0809. The number of piperazine rings is 1. The van der Waals surface area contributed by atoms with Gasteiger partial charge < -0.3 is 9.80 Å². The van der Waals surface area contributed by atoms with Crippen LogP contribution in [0.2, 0.25) is 0 Å². The first-order chi connectivity index (χ1) is 20.0. The number of amides is 1. The molecule has 2 aliphatic carbocycles. The molecule has 1 saturated heterocycles. The summed E-state index contributed by atoms with van der Waals surface area (Å²) >= 11 is 0. The van der Waals surface area contributed by atoms with E-state index in [1.807, 2.05) is 36.1 Å². The Morgan fingerprint density at radius 3 is 1.76 bits per heavy atom. The molecule has 1 heterocycles. The van der Waals surface area contributed by atoms with Crippen LogP contribution < -0.4 is 0 Å². The first kappa shape index (κ1) is 29.8. The zero-order chi connectivity index (χ0) is 29.0. The van der Waals surface area contributed by atoms with Crippen LogP contribution in [0.5, 0.6) is 0 Å². The van der Waals surface area contributed by atoms with Crippen LogP contribution in [0.3, 0.4) is 0 Å². The molecule has 210 valence electrons. The largest absolute Gasteiger partial charge is 0.340 e. The number of carbonyl (C=O) groups excluding carboxylic acids is 1. The molecule has 0 saturated carbocycles. The van der Waals surface area contributed by atoms with Gasteiger partial charge in [0.15, 0.2) is 0 Å². The van der Waals surface area contributed by atoms with E-state index in [9.17, 15) is 10.1 Å². The molecule has 0 unspecified atom stereocenters. The van der Waals surface area contributed by atoms with Crippen LogP contribution in [0.15, 0.2) is 95.1 Å². The number of benzene rings is 2. The summed E-state index contributed by atoms with van der Waals surface area (Å²) < 4.78 is 0. The van der Waals surface area contributed by atoms with Crippen molar-refractivity contribution in [2.24, 2.45) is 0 Å². The van der Waals surface area contributed by atoms with Gasteiger partial charge in [-0.15, -0.1) is 0 Å². The molecular weight excluding hydrogens is 504 g/mol. The maximum Gasteiger partial charge on any atom is 0.227 e. The van der Waals surface area contributed by atoms with Crippen LogP contribution in [0.4, 0.5) is 0 Å². The van der Waals surface area contributed by atoms with E-state index in [2.05, 4.69) is 72.6 Å². The summed E-state index contributed by atoms with van der Waals surface area (Å²) in [6.45, 7) is 5.23. The van der Waals surface area contributed by atoms with E-state index in [1.165, 1.54) is 27.8 Å². The zero-order valence-electron chi connectivity index (χ0n) is 24.4. The average molecular weight is 545 g/mol. The predicted octanol–water partition coefficient (Wildman–Crippen LogP) is 7.33. The number of rotatable bonds is 4. The summed E-state index contributed by atoms with van der Waals surface area (Å²) in [5, 5.41) is 18.5. The van der Waals surface area contributed by atoms with Crippen LogP contribution in [0.25, 0.3) is 11.1 Å². The third-order valence-corrected chi connectivity index (χ3v) is 8.13. The minimum Gasteiger partial charge on any atom is -0.340 e. The second kappa shape index (κ2) is 15.0. The molecule has 2 aromatic rings. The zero-order valence-corrected chi connectivity index (χ0v) is 24.4. The molecule has 1 aliphatic heterocycles. The Balaban J connectivity index is 0.000000208. The molecule has 0 N–H and O–H groups in total. The second-order valence-corrected chi connectivity index (χ2v) is 11.0. The summed E-state index contributed by atoms with van der Waals surface area (Å²) in [5.74, 6) is 0.0809. The van der Waals surface area contributed by atoms with Gasteiger partial charge in [0.05, 0.1) is 18.6 Å². The topological polar surface area (TPSA) is 71.1 Å². The molecule has 3 aliphatic rings. The van der Waals surface area contributed by atoms with Gasteiger partial charge in [-0.2, -0.15) is 10.5 Å². The molecule has 41 heavy (non-hydrogen) atoms. The van der Waals surface area contributed by atoms with E-state index < -0.39 is 0 Å². The second-order valence-electron chi connectivity index (χ2n) is 11.0. The Hall–Kier alpha value is -4.19. The van der Waals surface area contributed by atoms with Crippen molar-refractivity contribution in [3.63, 3.8) is 0 Å². The molecule has 0 radical (unpaired) electrons. The molecule has 5 nitrogen and oxygen atoms in total. The predicted molar refractivity (Wildman–Crippen MR) is 166 cm³/mol. The van der Waals surface area contributed by atoms with Crippen molar-refractivity contribution in [2.45, 2.75) is 51.9 Å². The smallest absolute Gasteiger partial charge is 0.227 e. The maximum atomic E-state index is 12.6. The molecule has 5 rings (SSSR count). The third-order valence-electron chi connectivity index (χ3n) is 8.13. The van der Waals surface area contributed by atoms with Crippen LogP contribution in [0.1, 0.15) is 63.0 Å². The average Bonchev–Trinajstić information content (AvgIpc) is 3.04. The number of allylic oxidation sites excluding steroid dienone is 7. The van der Waals surface area contributed by atoms with E-state index in [0.717, 1.165) is 75.9 Å². The van der Waals surface area contributed by atoms with Gasteiger partial charge in [0.1, 0.15) is 0 Å². The van der Waals surface area contributed by atoms with Crippen molar-refractivity contribution in [3.8, 4) is 12.1 Å². The molecule has 0 atom stereocenters. The first-order valence-electron chi connectivity index (χ1n) is 14.7. The number of hydrogen-bond acceptors (Lipinski definition) is 4. The van der Waals surface area contributed by atoms with Gasteiger partial charge in [-0.05, 0) is 85.9 Å². The lowest BCUT2D eigenvalue weighted by atomic mass is 9.88. The van der Waals surface area contributed by atoms with Crippen molar-refractivity contribution < 1.29 is 4.79 Å². The lowest BCUT2D eigenvalue weighted by molar-refractivity contribution is -0.131. The first-order valence-corrected chi connectivity index (χ1v) is 14.7. The van der Waals surface area contributed by atoms with E-state index in [0.29, 0.717) is 5.57 Å². The maximum absolute atomic E-state index is 12.6. The van der Waals surface area contributed by atoms with Crippen molar-refractivity contribution in [3.05, 3.63) is 106 Å². The van der Waals surface area contributed by atoms with Crippen LogP contribution in [-0.2, 0) is 4.79 Å². The summed E-state index contributed by atoms with van der Waals surface area (Å²) in [4.78, 5) is 16.7. The van der Waals surface area contributed by atoms with Crippen molar-refractivity contribution in [1.82, 2.24) is 9.80 Å². The Morgan fingerprint density at radius 2 is 1.24 bits per heavy atom. The van der Waals surface area contributed by atoms with Gasteiger partial charge in [0.2, 0.25) is 5.91 Å². The van der Waals surface area contributed by atoms with Gasteiger partial charge in [-0.3, -0.25) is 4.79 Å². The lowest BCUT2D eigenvalue weighted by Gasteiger charge is -2.32. The fraction of sp³-hybridized carbons (Fsp3) is 0.361. The molecule has 0 spiro atoms. The van der Waals surface area contributed by atoms with Crippen LogP contribution in [-0.4, -0.2) is 48.9 Å². The lowest BCUT2D eigenvalue weighted by Crippen LogP contribution is -2.47. The molecule has 2 aromatic carbocycles. The monoisotopic (exact) mass is 544 g/mol.